The lowest BCUT2D eigenvalue weighted by atomic mass is 9.70. The Balaban J connectivity index is 1.96. The van der Waals surface area contributed by atoms with Crippen molar-refractivity contribution in [2.75, 3.05) is 19.7 Å². The van der Waals surface area contributed by atoms with Gasteiger partial charge in [-0.2, -0.15) is 0 Å². The van der Waals surface area contributed by atoms with E-state index in [0.29, 0.717) is 5.78 Å². The van der Waals surface area contributed by atoms with Crippen molar-refractivity contribution in [2.45, 2.75) is 45.4 Å². The van der Waals surface area contributed by atoms with Crippen LogP contribution in [0.1, 0.15) is 54.9 Å². The lowest BCUT2D eigenvalue weighted by molar-refractivity contribution is 0.0699. The SMILES string of the molecule is CCCC1(C(=O)c2cccc3c2OCCC3)CCNCC1. The molecule has 1 fully saturated rings. The van der Waals surface area contributed by atoms with Crippen LogP contribution < -0.4 is 10.1 Å². The molecule has 2 aliphatic heterocycles. The summed E-state index contributed by atoms with van der Waals surface area (Å²) in [7, 11) is 0. The molecule has 114 valence electrons. The maximum atomic E-state index is 13.3. The van der Waals surface area contributed by atoms with Crippen molar-refractivity contribution >= 4 is 5.78 Å². The molecule has 1 aromatic rings. The van der Waals surface area contributed by atoms with Crippen LogP contribution in [0.2, 0.25) is 0 Å². The van der Waals surface area contributed by atoms with Gasteiger partial charge in [-0.3, -0.25) is 4.79 Å². The van der Waals surface area contributed by atoms with Gasteiger partial charge in [0.25, 0.3) is 0 Å². The van der Waals surface area contributed by atoms with Crippen LogP contribution in [-0.4, -0.2) is 25.5 Å². The van der Waals surface area contributed by atoms with Gasteiger partial charge in [0, 0.05) is 5.41 Å². The molecule has 3 rings (SSSR count). The smallest absolute Gasteiger partial charge is 0.172 e. The van der Waals surface area contributed by atoms with Gasteiger partial charge in [0.1, 0.15) is 5.75 Å². The van der Waals surface area contributed by atoms with Crippen molar-refractivity contribution in [3.8, 4) is 5.75 Å². The van der Waals surface area contributed by atoms with Gasteiger partial charge in [-0.05, 0) is 56.8 Å². The number of ether oxygens (including phenoxy) is 1. The number of aryl methyl sites for hydroxylation is 1. The summed E-state index contributed by atoms with van der Waals surface area (Å²) in [6.45, 7) is 4.80. The summed E-state index contributed by atoms with van der Waals surface area (Å²) in [5.74, 6) is 1.17. The molecule has 0 radical (unpaired) electrons. The Morgan fingerprint density at radius 1 is 1.33 bits per heavy atom. The summed E-state index contributed by atoms with van der Waals surface area (Å²) in [6.07, 6.45) is 6.01. The number of hydrogen-bond acceptors (Lipinski definition) is 3. The Morgan fingerprint density at radius 2 is 2.14 bits per heavy atom. The molecule has 0 atom stereocenters. The van der Waals surface area contributed by atoms with Gasteiger partial charge in [0.2, 0.25) is 0 Å². The molecule has 0 saturated carbocycles. The van der Waals surface area contributed by atoms with Gasteiger partial charge in [-0.15, -0.1) is 0 Å². The number of benzene rings is 1. The summed E-state index contributed by atoms with van der Waals surface area (Å²) in [6, 6.07) is 6.08. The van der Waals surface area contributed by atoms with Crippen LogP contribution in [0.25, 0.3) is 0 Å². The maximum Gasteiger partial charge on any atom is 0.172 e. The summed E-state index contributed by atoms with van der Waals surface area (Å²) in [4.78, 5) is 13.3. The van der Waals surface area contributed by atoms with Crippen LogP contribution in [0.4, 0.5) is 0 Å². The first kappa shape index (κ1) is 14.6. The average molecular weight is 287 g/mol. The first-order chi connectivity index (χ1) is 10.3. The van der Waals surface area contributed by atoms with Crippen molar-refractivity contribution in [1.29, 1.82) is 0 Å². The molecule has 1 saturated heterocycles. The molecule has 0 bridgehead atoms. The van der Waals surface area contributed by atoms with E-state index >= 15 is 0 Å². The van der Waals surface area contributed by atoms with Gasteiger partial charge in [-0.1, -0.05) is 25.5 Å². The number of carbonyl (C=O) groups is 1. The minimum absolute atomic E-state index is 0.185. The fourth-order valence-electron chi connectivity index (χ4n) is 3.83. The van der Waals surface area contributed by atoms with Crippen molar-refractivity contribution in [3.05, 3.63) is 29.3 Å². The maximum absolute atomic E-state index is 13.3. The molecule has 21 heavy (non-hydrogen) atoms. The molecule has 3 heteroatoms. The van der Waals surface area contributed by atoms with Crippen LogP contribution in [0, 0.1) is 5.41 Å². The van der Waals surface area contributed by atoms with E-state index in [4.69, 9.17) is 4.74 Å². The lowest BCUT2D eigenvalue weighted by Crippen LogP contribution is -2.42. The summed E-state index contributed by atoms with van der Waals surface area (Å²) in [5, 5.41) is 3.38. The minimum atomic E-state index is -0.185. The minimum Gasteiger partial charge on any atom is -0.493 e. The molecule has 2 heterocycles. The second-order valence-electron chi connectivity index (χ2n) is 6.36. The fourth-order valence-corrected chi connectivity index (χ4v) is 3.83. The number of Topliss-reactive ketones (excluding diaryl/α,β-unsaturated/α-hetero) is 1. The number of para-hydroxylation sites is 1. The molecule has 1 aromatic carbocycles. The topological polar surface area (TPSA) is 38.3 Å². The summed E-state index contributed by atoms with van der Waals surface area (Å²) >= 11 is 0. The van der Waals surface area contributed by atoms with Crippen molar-refractivity contribution in [3.63, 3.8) is 0 Å². The number of nitrogens with one attached hydrogen (secondary N) is 1. The van der Waals surface area contributed by atoms with Crippen molar-refractivity contribution in [2.24, 2.45) is 5.41 Å². The van der Waals surface area contributed by atoms with Gasteiger partial charge in [0.15, 0.2) is 5.78 Å². The zero-order valence-electron chi connectivity index (χ0n) is 12.9. The number of carbonyl (C=O) groups excluding carboxylic acids is 1. The first-order valence-corrected chi connectivity index (χ1v) is 8.27. The van der Waals surface area contributed by atoms with E-state index in [1.54, 1.807) is 0 Å². The molecule has 2 aliphatic rings. The molecule has 3 nitrogen and oxygen atoms in total. The molecular weight excluding hydrogens is 262 g/mol. The summed E-state index contributed by atoms with van der Waals surface area (Å²) in [5.41, 5.74) is 1.84. The molecule has 0 unspecified atom stereocenters. The number of fused-ring (bicyclic) bond motifs is 1. The van der Waals surface area contributed by atoms with Crippen LogP contribution in [0.15, 0.2) is 18.2 Å². The largest absolute Gasteiger partial charge is 0.493 e. The van der Waals surface area contributed by atoms with Crippen molar-refractivity contribution in [1.82, 2.24) is 5.32 Å². The highest BCUT2D eigenvalue weighted by Crippen LogP contribution is 2.41. The average Bonchev–Trinajstić information content (AvgIpc) is 2.55. The van der Waals surface area contributed by atoms with Crippen LogP contribution in [0.3, 0.4) is 0 Å². The van der Waals surface area contributed by atoms with E-state index < -0.39 is 0 Å². The highest BCUT2D eigenvalue weighted by molar-refractivity contribution is 6.03. The number of piperidine rings is 1. The highest BCUT2D eigenvalue weighted by Gasteiger charge is 2.40. The van der Waals surface area contributed by atoms with Gasteiger partial charge in [0.05, 0.1) is 12.2 Å². The quantitative estimate of drug-likeness (QED) is 0.863. The number of rotatable bonds is 4. The second kappa shape index (κ2) is 6.18. The number of hydrogen-bond donors (Lipinski definition) is 1. The van der Waals surface area contributed by atoms with E-state index in [2.05, 4.69) is 18.3 Å². The molecule has 0 aromatic heterocycles. The normalized spacial score (nSPS) is 20.4. The Labute approximate surface area is 127 Å². The van der Waals surface area contributed by atoms with Crippen LogP contribution in [0.5, 0.6) is 5.75 Å². The zero-order chi connectivity index (χ0) is 14.7. The van der Waals surface area contributed by atoms with E-state index in [1.807, 2.05) is 12.1 Å². The lowest BCUT2D eigenvalue weighted by Gasteiger charge is -2.37. The van der Waals surface area contributed by atoms with Gasteiger partial charge >= 0.3 is 0 Å². The third-order valence-electron chi connectivity index (χ3n) is 4.95. The van der Waals surface area contributed by atoms with E-state index in [-0.39, 0.29) is 5.41 Å². The fraction of sp³-hybridized carbons (Fsp3) is 0.611. The van der Waals surface area contributed by atoms with E-state index in [9.17, 15) is 4.79 Å². The van der Waals surface area contributed by atoms with Crippen molar-refractivity contribution < 1.29 is 9.53 Å². The van der Waals surface area contributed by atoms with Gasteiger partial charge < -0.3 is 10.1 Å². The predicted octanol–water partition coefficient (Wildman–Crippen LogP) is 3.36. The Kier molecular flexibility index (Phi) is 4.29. The second-order valence-corrected chi connectivity index (χ2v) is 6.36. The monoisotopic (exact) mass is 287 g/mol. The van der Waals surface area contributed by atoms with E-state index in [1.165, 1.54) is 5.56 Å². The zero-order valence-corrected chi connectivity index (χ0v) is 12.9. The molecule has 0 aliphatic carbocycles. The Morgan fingerprint density at radius 3 is 2.90 bits per heavy atom. The summed E-state index contributed by atoms with van der Waals surface area (Å²) < 4.78 is 5.85. The predicted molar refractivity (Wildman–Crippen MR) is 84.0 cm³/mol. The molecule has 1 N–H and O–H groups in total. The molecule has 0 amide bonds. The molecule has 0 spiro atoms. The first-order valence-electron chi connectivity index (χ1n) is 8.27. The number of ketones is 1. The Bertz CT molecular complexity index is 512. The Hall–Kier alpha value is -1.35. The highest BCUT2D eigenvalue weighted by atomic mass is 16.5. The third kappa shape index (κ3) is 2.71. The standard InChI is InChI=1S/C18H25NO2/c1-2-8-18(9-11-19-12-10-18)17(20)15-7-3-5-14-6-4-13-21-16(14)15/h3,5,7,19H,2,4,6,8-13H2,1H3. The van der Waals surface area contributed by atoms with E-state index in [0.717, 1.165) is 69.5 Å². The van der Waals surface area contributed by atoms with Gasteiger partial charge in [-0.25, -0.2) is 0 Å². The van der Waals surface area contributed by atoms with Crippen LogP contribution >= 0.6 is 0 Å². The molecular formula is C18H25NO2. The van der Waals surface area contributed by atoms with Crippen LogP contribution in [-0.2, 0) is 6.42 Å². The third-order valence-corrected chi connectivity index (χ3v) is 4.95.